The van der Waals surface area contributed by atoms with Gasteiger partial charge in [0.2, 0.25) is 12.7 Å². The van der Waals surface area contributed by atoms with Crippen molar-refractivity contribution in [2.45, 2.75) is 23.8 Å². The summed E-state index contributed by atoms with van der Waals surface area (Å²) in [5, 5.41) is 5.77. The monoisotopic (exact) mass is 414 g/mol. The molecular weight excluding hydrogens is 392 g/mol. The van der Waals surface area contributed by atoms with Gasteiger partial charge in [0, 0.05) is 29.8 Å². The van der Waals surface area contributed by atoms with Crippen LogP contribution in [-0.4, -0.2) is 43.6 Å². The largest absolute Gasteiger partial charge is 0.454 e. The molecule has 2 aromatic rings. The zero-order chi connectivity index (χ0) is 20.1. The Morgan fingerprint density at radius 1 is 1.10 bits per heavy atom. The molecule has 1 saturated heterocycles. The molecule has 0 aromatic heterocycles. The Labute approximate surface area is 173 Å². The average Bonchev–Trinajstić information content (AvgIpc) is 3.42. The average molecular weight is 414 g/mol. The maximum atomic E-state index is 12.6. The van der Waals surface area contributed by atoms with Crippen LogP contribution in [0.2, 0.25) is 0 Å². The third-order valence-corrected chi connectivity index (χ3v) is 5.73. The van der Waals surface area contributed by atoms with E-state index < -0.39 is 0 Å². The van der Waals surface area contributed by atoms with Crippen LogP contribution in [0.3, 0.4) is 0 Å². The first-order valence-corrected chi connectivity index (χ1v) is 10.5. The second-order valence-electron chi connectivity index (χ2n) is 6.75. The van der Waals surface area contributed by atoms with Crippen LogP contribution < -0.4 is 20.1 Å². The lowest BCUT2D eigenvalue weighted by Crippen LogP contribution is -2.32. The highest BCUT2D eigenvalue weighted by Gasteiger charge is 2.19. The van der Waals surface area contributed by atoms with E-state index in [4.69, 9.17) is 14.2 Å². The van der Waals surface area contributed by atoms with E-state index in [0.717, 1.165) is 24.3 Å². The second-order valence-corrected chi connectivity index (χ2v) is 7.76. The number of carbonyl (C=O) groups is 2. The van der Waals surface area contributed by atoms with E-state index in [9.17, 15) is 9.59 Å². The van der Waals surface area contributed by atoms with Crippen molar-refractivity contribution in [2.24, 2.45) is 0 Å². The fraction of sp³-hybridized carbons (Fsp3) is 0.333. The smallest absolute Gasteiger partial charge is 0.252 e. The van der Waals surface area contributed by atoms with Crippen LogP contribution in [0.15, 0.2) is 47.4 Å². The van der Waals surface area contributed by atoms with Gasteiger partial charge in [0.05, 0.1) is 17.4 Å². The molecule has 7 nitrogen and oxygen atoms in total. The number of rotatable bonds is 7. The predicted octanol–water partition coefficient (Wildman–Crippen LogP) is 3.05. The first-order valence-electron chi connectivity index (χ1n) is 9.50. The Balaban J connectivity index is 1.32. The summed E-state index contributed by atoms with van der Waals surface area (Å²) in [6.07, 6.45) is 2.09. The third kappa shape index (κ3) is 5.02. The van der Waals surface area contributed by atoms with Crippen molar-refractivity contribution in [3.05, 3.63) is 48.0 Å². The molecule has 8 heteroatoms. The summed E-state index contributed by atoms with van der Waals surface area (Å²) in [5.41, 5.74) is 1.20. The van der Waals surface area contributed by atoms with Gasteiger partial charge in [-0.05, 0) is 37.1 Å². The molecule has 2 aromatic carbocycles. The number of benzene rings is 2. The molecule has 2 heterocycles. The van der Waals surface area contributed by atoms with Crippen LogP contribution in [0.1, 0.15) is 23.2 Å². The Bertz CT molecular complexity index is 898. The van der Waals surface area contributed by atoms with E-state index >= 15 is 0 Å². The normalized spacial score (nSPS) is 17.2. The SMILES string of the molecule is O=C(CSc1ccccc1C(=O)NC[C@H]1CCCO1)Nc1ccc2c(c1)OCO2. The van der Waals surface area contributed by atoms with Gasteiger partial charge in [-0.25, -0.2) is 0 Å². The summed E-state index contributed by atoms with van der Waals surface area (Å²) in [6.45, 7) is 1.45. The standard InChI is InChI=1S/C21H22N2O5S/c24-20(23-14-7-8-17-18(10-14)28-13-27-17)12-29-19-6-2-1-5-16(19)21(25)22-11-15-4-3-9-26-15/h1-2,5-8,10,15H,3-4,9,11-13H2,(H,22,25)(H,23,24)/t15-/m1/s1. The predicted molar refractivity (Wildman–Crippen MR) is 110 cm³/mol. The van der Waals surface area contributed by atoms with Crippen LogP contribution in [0, 0.1) is 0 Å². The Hall–Kier alpha value is -2.71. The van der Waals surface area contributed by atoms with E-state index in [0.29, 0.717) is 29.3 Å². The minimum atomic E-state index is -0.163. The zero-order valence-electron chi connectivity index (χ0n) is 15.8. The van der Waals surface area contributed by atoms with Crippen LogP contribution in [0.5, 0.6) is 11.5 Å². The van der Waals surface area contributed by atoms with Gasteiger partial charge in [0.15, 0.2) is 11.5 Å². The highest BCUT2D eigenvalue weighted by Crippen LogP contribution is 2.34. The van der Waals surface area contributed by atoms with Gasteiger partial charge in [0.1, 0.15) is 0 Å². The van der Waals surface area contributed by atoms with Crippen LogP contribution in [-0.2, 0) is 9.53 Å². The Kier molecular flexibility index (Phi) is 6.21. The third-order valence-electron chi connectivity index (χ3n) is 4.66. The fourth-order valence-electron chi connectivity index (χ4n) is 3.20. The molecule has 152 valence electrons. The number of anilines is 1. The van der Waals surface area contributed by atoms with E-state index in [1.54, 1.807) is 24.3 Å². The van der Waals surface area contributed by atoms with E-state index in [1.165, 1.54) is 11.8 Å². The molecular formula is C21H22N2O5S. The summed E-state index contributed by atoms with van der Waals surface area (Å²) in [6, 6.07) is 12.5. The molecule has 4 rings (SSSR count). The highest BCUT2D eigenvalue weighted by atomic mass is 32.2. The fourth-order valence-corrected chi connectivity index (χ4v) is 4.05. The maximum absolute atomic E-state index is 12.6. The summed E-state index contributed by atoms with van der Waals surface area (Å²) < 4.78 is 16.1. The number of ether oxygens (including phenoxy) is 3. The molecule has 0 radical (unpaired) electrons. The van der Waals surface area contributed by atoms with Gasteiger partial charge in [-0.15, -0.1) is 11.8 Å². The second kappa shape index (κ2) is 9.19. The zero-order valence-corrected chi connectivity index (χ0v) is 16.6. The first-order chi connectivity index (χ1) is 14.2. The molecule has 2 aliphatic rings. The van der Waals surface area contributed by atoms with E-state index in [2.05, 4.69) is 10.6 Å². The molecule has 2 amide bonds. The molecule has 1 atom stereocenters. The van der Waals surface area contributed by atoms with Crippen LogP contribution >= 0.6 is 11.8 Å². The molecule has 2 N–H and O–H groups in total. The highest BCUT2D eigenvalue weighted by molar-refractivity contribution is 8.00. The van der Waals surface area contributed by atoms with Crippen molar-refractivity contribution in [1.82, 2.24) is 5.32 Å². The van der Waals surface area contributed by atoms with Crippen molar-refractivity contribution in [1.29, 1.82) is 0 Å². The van der Waals surface area contributed by atoms with Gasteiger partial charge in [-0.1, -0.05) is 12.1 Å². The minimum absolute atomic E-state index is 0.0891. The molecule has 0 bridgehead atoms. The number of fused-ring (bicyclic) bond motifs is 1. The first kappa shape index (κ1) is 19.6. The Morgan fingerprint density at radius 3 is 2.83 bits per heavy atom. The number of thioether (sulfide) groups is 1. The summed E-state index contributed by atoms with van der Waals surface area (Å²) >= 11 is 1.33. The number of hydrogen-bond acceptors (Lipinski definition) is 6. The lowest BCUT2D eigenvalue weighted by atomic mass is 10.2. The maximum Gasteiger partial charge on any atom is 0.252 e. The number of hydrogen-bond donors (Lipinski definition) is 2. The van der Waals surface area contributed by atoms with Gasteiger partial charge < -0.3 is 24.8 Å². The topological polar surface area (TPSA) is 85.9 Å². The summed E-state index contributed by atoms with van der Waals surface area (Å²) in [7, 11) is 0. The van der Waals surface area contributed by atoms with Gasteiger partial charge in [0.25, 0.3) is 5.91 Å². The molecule has 0 unspecified atom stereocenters. The summed E-state index contributed by atoms with van der Waals surface area (Å²) in [5.74, 6) is 1.15. The van der Waals surface area contributed by atoms with Crippen molar-refractivity contribution >= 4 is 29.3 Å². The number of nitrogens with one attached hydrogen (secondary N) is 2. The molecule has 0 saturated carbocycles. The van der Waals surface area contributed by atoms with Crippen molar-refractivity contribution in [3.63, 3.8) is 0 Å². The van der Waals surface area contributed by atoms with Crippen molar-refractivity contribution in [2.75, 3.05) is 31.0 Å². The Morgan fingerprint density at radius 2 is 1.97 bits per heavy atom. The number of carbonyl (C=O) groups excluding carboxylic acids is 2. The summed E-state index contributed by atoms with van der Waals surface area (Å²) in [4.78, 5) is 25.7. The van der Waals surface area contributed by atoms with E-state index in [-0.39, 0.29) is 30.5 Å². The number of amides is 2. The molecule has 0 aliphatic carbocycles. The van der Waals surface area contributed by atoms with Crippen molar-refractivity contribution in [3.8, 4) is 11.5 Å². The minimum Gasteiger partial charge on any atom is -0.454 e. The molecule has 1 fully saturated rings. The lowest BCUT2D eigenvalue weighted by Gasteiger charge is -2.13. The lowest BCUT2D eigenvalue weighted by molar-refractivity contribution is -0.113. The van der Waals surface area contributed by atoms with Gasteiger partial charge in [-0.2, -0.15) is 0 Å². The van der Waals surface area contributed by atoms with Crippen LogP contribution in [0.4, 0.5) is 5.69 Å². The van der Waals surface area contributed by atoms with Gasteiger partial charge >= 0.3 is 0 Å². The van der Waals surface area contributed by atoms with Crippen LogP contribution in [0.25, 0.3) is 0 Å². The van der Waals surface area contributed by atoms with Crippen molar-refractivity contribution < 1.29 is 23.8 Å². The van der Waals surface area contributed by atoms with Gasteiger partial charge in [-0.3, -0.25) is 9.59 Å². The molecule has 29 heavy (non-hydrogen) atoms. The quantitative estimate of drug-likeness (QED) is 0.678. The molecule has 0 spiro atoms. The molecule has 2 aliphatic heterocycles. The van der Waals surface area contributed by atoms with E-state index in [1.807, 2.05) is 18.2 Å².